The van der Waals surface area contributed by atoms with Gasteiger partial charge in [0, 0.05) is 46.1 Å². The van der Waals surface area contributed by atoms with Crippen molar-refractivity contribution in [1.82, 2.24) is 15.1 Å². The Morgan fingerprint density at radius 1 is 1.12 bits per heavy atom. The summed E-state index contributed by atoms with van der Waals surface area (Å²) >= 11 is 0. The zero-order chi connectivity index (χ0) is 18.5. The summed E-state index contributed by atoms with van der Waals surface area (Å²) in [7, 11) is 3.64. The molecule has 1 saturated carbocycles. The molecule has 0 aromatic heterocycles. The minimum Gasteiger partial charge on any atom is -0.349 e. The lowest BCUT2D eigenvalue weighted by atomic mass is 9.78. The summed E-state index contributed by atoms with van der Waals surface area (Å²) in [5, 5.41) is 3.70. The van der Waals surface area contributed by atoms with E-state index in [0.717, 1.165) is 38.9 Å². The average Bonchev–Trinajstić information content (AvgIpc) is 2.64. The van der Waals surface area contributed by atoms with Crippen LogP contribution in [0.3, 0.4) is 0 Å². The Bertz CT molecular complexity index is 488. The zero-order valence-electron chi connectivity index (χ0n) is 16.7. The van der Waals surface area contributed by atoms with Crippen LogP contribution in [0.25, 0.3) is 0 Å². The molecule has 0 unspecified atom stereocenters. The van der Waals surface area contributed by atoms with Crippen molar-refractivity contribution in [3.8, 4) is 0 Å². The molecule has 3 aliphatic rings. The number of amides is 2. The van der Waals surface area contributed by atoms with Gasteiger partial charge in [0.05, 0.1) is 0 Å². The molecule has 3 rings (SSSR count). The van der Waals surface area contributed by atoms with Crippen LogP contribution in [0.5, 0.6) is 0 Å². The number of nitrogens with one attached hydrogen (secondary N) is 1. The lowest BCUT2D eigenvalue weighted by molar-refractivity contribution is -0.136. The van der Waals surface area contributed by atoms with E-state index >= 15 is 0 Å². The molecular weight excluding hydrogens is 326 g/mol. The molecule has 2 bridgehead atoms. The Balaban J connectivity index is 1.47. The third-order valence-corrected chi connectivity index (χ3v) is 6.75. The predicted molar refractivity (Wildman–Crippen MR) is 104 cm³/mol. The molecule has 26 heavy (non-hydrogen) atoms. The maximum absolute atomic E-state index is 12.8. The smallest absolute Gasteiger partial charge is 0.222 e. The number of hydrogen-bond acceptors (Lipinski definition) is 3. The average molecular weight is 364 g/mol. The van der Waals surface area contributed by atoms with Gasteiger partial charge in [0.25, 0.3) is 0 Å². The van der Waals surface area contributed by atoms with Crippen molar-refractivity contribution >= 4 is 11.8 Å². The normalized spacial score (nSPS) is 29.5. The summed E-state index contributed by atoms with van der Waals surface area (Å²) in [6.07, 6.45) is 11.1. The number of nitrogens with zero attached hydrogens (tertiary/aromatic N) is 2. The fraction of sp³-hybridized carbons (Fsp3) is 0.905. The lowest BCUT2D eigenvalue weighted by Crippen LogP contribution is -2.57. The van der Waals surface area contributed by atoms with Crippen LogP contribution in [-0.2, 0) is 9.59 Å². The van der Waals surface area contributed by atoms with Gasteiger partial charge in [-0.1, -0.05) is 19.3 Å². The molecule has 1 aliphatic carbocycles. The van der Waals surface area contributed by atoms with E-state index < -0.39 is 0 Å². The maximum Gasteiger partial charge on any atom is 0.222 e. The molecule has 3 atom stereocenters. The molecule has 2 saturated heterocycles. The van der Waals surface area contributed by atoms with E-state index in [9.17, 15) is 9.59 Å². The molecule has 3 fully saturated rings. The molecule has 148 valence electrons. The minimum absolute atomic E-state index is 0.214. The van der Waals surface area contributed by atoms with Crippen LogP contribution in [0, 0.1) is 17.8 Å². The van der Waals surface area contributed by atoms with Crippen LogP contribution in [0.15, 0.2) is 0 Å². The summed E-state index contributed by atoms with van der Waals surface area (Å²) in [6.45, 7) is 2.89. The molecule has 0 radical (unpaired) electrons. The van der Waals surface area contributed by atoms with Crippen LogP contribution in [-0.4, -0.2) is 61.4 Å². The molecular formula is C21H37N3O2. The largest absolute Gasteiger partial charge is 0.349 e. The number of carbonyl (C=O) groups excluding carboxylic acids is 2. The highest BCUT2D eigenvalue weighted by Crippen LogP contribution is 2.32. The second-order valence-electron chi connectivity index (χ2n) is 9.06. The van der Waals surface area contributed by atoms with E-state index in [-0.39, 0.29) is 5.91 Å². The summed E-state index contributed by atoms with van der Waals surface area (Å²) in [5.74, 6) is 2.42. The highest BCUT2D eigenvalue weighted by Gasteiger charge is 2.38. The third kappa shape index (κ3) is 5.21. The van der Waals surface area contributed by atoms with E-state index in [1.165, 1.54) is 38.5 Å². The van der Waals surface area contributed by atoms with Crippen LogP contribution in [0.4, 0.5) is 0 Å². The van der Waals surface area contributed by atoms with Crippen LogP contribution < -0.4 is 5.32 Å². The minimum atomic E-state index is 0.214. The van der Waals surface area contributed by atoms with E-state index in [1.54, 1.807) is 4.90 Å². The second kappa shape index (κ2) is 9.20. The van der Waals surface area contributed by atoms with Crippen molar-refractivity contribution < 1.29 is 9.59 Å². The third-order valence-electron chi connectivity index (χ3n) is 6.75. The Morgan fingerprint density at radius 2 is 1.88 bits per heavy atom. The first kappa shape index (κ1) is 19.7. The van der Waals surface area contributed by atoms with Gasteiger partial charge in [-0.25, -0.2) is 0 Å². The topological polar surface area (TPSA) is 52.7 Å². The van der Waals surface area contributed by atoms with Gasteiger partial charge in [0.2, 0.25) is 11.8 Å². The van der Waals surface area contributed by atoms with Gasteiger partial charge >= 0.3 is 0 Å². The number of carbonyl (C=O) groups is 2. The Labute approximate surface area is 158 Å². The molecule has 2 amide bonds. The van der Waals surface area contributed by atoms with Gasteiger partial charge in [-0.15, -0.1) is 0 Å². The number of likely N-dealkylation sites (tertiary alicyclic amines) is 1. The highest BCUT2D eigenvalue weighted by molar-refractivity contribution is 5.76. The fourth-order valence-electron chi connectivity index (χ4n) is 5.18. The van der Waals surface area contributed by atoms with Crippen LogP contribution in [0.2, 0.25) is 0 Å². The summed E-state index contributed by atoms with van der Waals surface area (Å²) in [4.78, 5) is 28.5. The molecule has 5 heteroatoms. The van der Waals surface area contributed by atoms with E-state index in [1.807, 2.05) is 14.1 Å². The SMILES string of the molecule is CN(C)C(=O)CCC[C@H]1NC[C@@H]2C[C@@H]1CN(C(=O)CC1CCCCC1)C2. The first-order chi connectivity index (χ1) is 12.5. The first-order valence-corrected chi connectivity index (χ1v) is 10.7. The maximum atomic E-state index is 12.8. The van der Waals surface area contributed by atoms with Gasteiger partial charge in [-0.2, -0.15) is 0 Å². The lowest BCUT2D eigenvalue weighted by Gasteiger charge is -2.46. The standard InChI is InChI=1S/C21H37N3O2/c1-23(2)20(25)10-6-9-19-18-11-17(13-22-19)14-24(15-18)21(26)12-16-7-4-3-5-8-16/h16-19,22H,3-15H2,1-2H3/t17-,18+,19+/m0/s1. The van der Waals surface area contributed by atoms with Crippen molar-refractivity contribution in [2.75, 3.05) is 33.7 Å². The van der Waals surface area contributed by atoms with Gasteiger partial charge in [0.1, 0.15) is 0 Å². The van der Waals surface area contributed by atoms with Crippen molar-refractivity contribution in [2.24, 2.45) is 17.8 Å². The predicted octanol–water partition coefficient (Wildman–Crippen LogP) is 2.65. The molecule has 0 aromatic carbocycles. The van der Waals surface area contributed by atoms with E-state index in [2.05, 4.69) is 10.2 Å². The summed E-state index contributed by atoms with van der Waals surface area (Å²) in [6, 6.07) is 0.464. The summed E-state index contributed by atoms with van der Waals surface area (Å²) < 4.78 is 0. The Hall–Kier alpha value is -1.10. The molecule has 0 spiro atoms. The van der Waals surface area contributed by atoms with Crippen molar-refractivity contribution in [2.45, 2.75) is 70.3 Å². The zero-order valence-corrected chi connectivity index (χ0v) is 16.7. The monoisotopic (exact) mass is 363 g/mol. The number of piperidine rings is 2. The molecule has 2 aliphatic heterocycles. The second-order valence-corrected chi connectivity index (χ2v) is 9.06. The first-order valence-electron chi connectivity index (χ1n) is 10.7. The van der Waals surface area contributed by atoms with Crippen molar-refractivity contribution in [3.63, 3.8) is 0 Å². The Morgan fingerprint density at radius 3 is 2.62 bits per heavy atom. The fourth-order valence-corrected chi connectivity index (χ4v) is 5.18. The van der Waals surface area contributed by atoms with Crippen molar-refractivity contribution in [3.05, 3.63) is 0 Å². The van der Waals surface area contributed by atoms with Gasteiger partial charge in [0.15, 0.2) is 0 Å². The van der Waals surface area contributed by atoms with Gasteiger partial charge < -0.3 is 15.1 Å². The number of fused-ring (bicyclic) bond motifs is 2. The number of hydrogen-bond donors (Lipinski definition) is 1. The van der Waals surface area contributed by atoms with E-state index in [0.29, 0.717) is 36.1 Å². The highest BCUT2D eigenvalue weighted by atomic mass is 16.2. The summed E-state index contributed by atoms with van der Waals surface area (Å²) in [5.41, 5.74) is 0. The van der Waals surface area contributed by atoms with Crippen molar-refractivity contribution in [1.29, 1.82) is 0 Å². The van der Waals surface area contributed by atoms with Crippen LogP contribution in [0.1, 0.15) is 64.2 Å². The van der Waals surface area contributed by atoms with Crippen LogP contribution >= 0.6 is 0 Å². The molecule has 0 aromatic rings. The van der Waals surface area contributed by atoms with Gasteiger partial charge in [-0.05, 0) is 56.4 Å². The Kier molecular flexibility index (Phi) is 6.96. The van der Waals surface area contributed by atoms with Gasteiger partial charge in [-0.3, -0.25) is 9.59 Å². The molecule has 2 heterocycles. The van der Waals surface area contributed by atoms with E-state index in [4.69, 9.17) is 0 Å². The molecule has 1 N–H and O–H groups in total. The molecule has 5 nitrogen and oxygen atoms in total. The quantitative estimate of drug-likeness (QED) is 0.789. The number of rotatable bonds is 6.